The zero-order valence-electron chi connectivity index (χ0n) is 10.7. The largest absolute Gasteiger partial charge is 0.103 e. The van der Waals surface area contributed by atoms with Gasteiger partial charge in [0.1, 0.15) is 0 Å². The normalized spacial score (nSPS) is 14.5. The van der Waals surface area contributed by atoms with Gasteiger partial charge >= 0.3 is 0 Å². The molecule has 0 aromatic rings. The molecule has 88 valence electrons. The highest BCUT2D eigenvalue weighted by Crippen LogP contribution is 2.24. The summed E-state index contributed by atoms with van der Waals surface area (Å²) in [6, 6.07) is 0. The molecule has 0 rings (SSSR count). The molecule has 0 nitrogen and oxygen atoms in total. The molecule has 0 spiro atoms. The van der Waals surface area contributed by atoms with Crippen LogP contribution >= 0.6 is 0 Å². The van der Waals surface area contributed by atoms with Crippen LogP contribution in [0.4, 0.5) is 0 Å². The minimum Gasteiger partial charge on any atom is -0.103 e. The van der Waals surface area contributed by atoms with Crippen LogP contribution in [0.1, 0.15) is 58.8 Å². The predicted molar refractivity (Wildman–Crippen MR) is 71.0 cm³/mol. The Morgan fingerprint density at radius 3 is 2.40 bits per heavy atom. The molecule has 0 aliphatic rings. The van der Waals surface area contributed by atoms with Gasteiger partial charge in [-0.3, -0.25) is 0 Å². The Morgan fingerprint density at radius 1 is 1.13 bits per heavy atom. The highest BCUT2D eigenvalue weighted by Gasteiger charge is 2.11. The van der Waals surface area contributed by atoms with Crippen molar-refractivity contribution in [1.82, 2.24) is 0 Å². The van der Waals surface area contributed by atoms with Crippen molar-refractivity contribution >= 4 is 0 Å². The molecule has 15 heavy (non-hydrogen) atoms. The van der Waals surface area contributed by atoms with Crippen LogP contribution in [-0.2, 0) is 0 Å². The van der Waals surface area contributed by atoms with Crippen LogP contribution in [0.25, 0.3) is 0 Å². The molecule has 0 N–H and O–H groups in total. The molecule has 0 aromatic heterocycles. The van der Waals surface area contributed by atoms with E-state index < -0.39 is 0 Å². The fourth-order valence-corrected chi connectivity index (χ4v) is 2.29. The first kappa shape index (κ1) is 14.5. The molecule has 0 amide bonds. The number of unbranched alkanes of at least 4 members (excludes halogenated alkanes) is 1. The van der Waals surface area contributed by atoms with Crippen molar-refractivity contribution in [3.05, 3.63) is 25.3 Å². The van der Waals surface area contributed by atoms with Gasteiger partial charge in [0.2, 0.25) is 0 Å². The van der Waals surface area contributed by atoms with Crippen molar-refractivity contribution in [2.24, 2.45) is 11.8 Å². The van der Waals surface area contributed by atoms with E-state index in [-0.39, 0.29) is 0 Å². The molecule has 0 radical (unpaired) electrons. The second-order valence-electron chi connectivity index (χ2n) is 4.74. The number of hydrogen-bond donors (Lipinski definition) is 0. The molecule has 0 heterocycles. The van der Waals surface area contributed by atoms with Crippen LogP contribution in [-0.4, -0.2) is 0 Å². The Morgan fingerprint density at radius 2 is 1.87 bits per heavy atom. The van der Waals surface area contributed by atoms with Crippen LogP contribution in [0.3, 0.4) is 0 Å². The summed E-state index contributed by atoms with van der Waals surface area (Å²) >= 11 is 0. The monoisotopic (exact) mass is 208 g/mol. The fourth-order valence-electron chi connectivity index (χ4n) is 2.29. The second-order valence-corrected chi connectivity index (χ2v) is 4.74. The summed E-state index contributed by atoms with van der Waals surface area (Å²) < 4.78 is 0. The number of allylic oxidation sites excluding steroid dienone is 2. The van der Waals surface area contributed by atoms with Gasteiger partial charge in [0.15, 0.2) is 0 Å². The van der Waals surface area contributed by atoms with Crippen LogP contribution < -0.4 is 0 Å². The van der Waals surface area contributed by atoms with E-state index in [1.165, 1.54) is 44.9 Å². The zero-order valence-corrected chi connectivity index (χ0v) is 10.7. The van der Waals surface area contributed by atoms with Crippen molar-refractivity contribution < 1.29 is 0 Å². The van der Waals surface area contributed by atoms with Crippen LogP contribution in [0, 0.1) is 11.8 Å². The molecule has 2 unspecified atom stereocenters. The molecule has 0 aromatic carbocycles. The van der Waals surface area contributed by atoms with Gasteiger partial charge < -0.3 is 0 Å². The zero-order chi connectivity index (χ0) is 11.5. The second kappa shape index (κ2) is 10.0. The molecule has 0 saturated carbocycles. The maximum Gasteiger partial charge on any atom is -0.0327 e. The third-order valence-corrected chi connectivity index (χ3v) is 3.02. The predicted octanol–water partition coefficient (Wildman–Crippen LogP) is 5.36. The first-order valence-electron chi connectivity index (χ1n) is 6.46. The highest BCUT2D eigenvalue weighted by atomic mass is 14.2. The van der Waals surface area contributed by atoms with Crippen LogP contribution in [0.5, 0.6) is 0 Å². The number of hydrogen-bond acceptors (Lipinski definition) is 0. The maximum absolute atomic E-state index is 3.82. The molecule has 0 bridgehead atoms. The average Bonchev–Trinajstić information content (AvgIpc) is 2.18. The Kier molecular flexibility index (Phi) is 9.67. The fraction of sp³-hybridized carbons (Fsp3) is 0.733. The lowest BCUT2D eigenvalue weighted by Crippen LogP contribution is -2.06. The molecule has 0 fully saturated rings. The van der Waals surface area contributed by atoms with Gasteiger partial charge in [-0.15, -0.1) is 13.2 Å². The summed E-state index contributed by atoms with van der Waals surface area (Å²) in [4.78, 5) is 0. The third kappa shape index (κ3) is 8.47. The number of rotatable bonds is 10. The summed E-state index contributed by atoms with van der Waals surface area (Å²) in [7, 11) is 0. The van der Waals surface area contributed by atoms with E-state index in [1.54, 1.807) is 0 Å². The summed E-state index contributed by atoms with van der Waals surface area (Å²) in [6.07, 6.45) is 13.2. The van der Waals surface area contributed by atoms with Gasteiger partial charge in [0.25, 0.3) is 0 Å². The van der Waals surface area contributed by atoms with E-state index in [0.29, 0.717) is 0 Å². The van der Waals surface area contributed by atoms with Gasteiger partial charge in [0.05, 0.1) is 0 Å². The Labute approximate surface area is 96.5 Å². The van der Waals surface area contributed by atoms with E-state index in [4.69, 9.17) is 0 Å². The first-order chi connectivity index (χ1) is 7.24. The Hall–Kier alpha value is -0.520. The van der Waals surface area contributed by atoms with E-state index >= 15 is 0 Å². The average molecular weight is 208 g/mol. The van der Waals surface area contributed by atoms with E-state index in [0.717, 1.165) is 11.8 Å². The first-order valence-corrected chi connectivity index (χ1v) is 6.46. The van der Waals surface area contributed by atoms with Gasteiger partial charge in [0, 0.05) is 0 Å². The quantitative estimate of drug-likeness (QED) is 0.335. The van der Waals surface area contributed by atoms with Gasteiger partial charge in [-0.1, -0.05) is 45.3 Å². The summed E-state index contributed by atoms with van der Waals surface area (Å²) in [5.41, 5.74) is 0. The lowest BCUT2D eigenvalue weighted by Gasteiger charge is -2.19. The van der Waals surface area contributed by atoms with Crippen molar-refractivity contribution in [2.75, 3.05) is 0 Å². The SMILES string of the molecule is C=CCCCC(CCC)CC(C)CC=C. The highest BCUT2D eigenvalue weighted by molar-refractivity contribution is 4.74. The van der Waals surface area contributed by atoms with E-state index in [9.17, 15) is 0 Å². The molecule has 0 aliphatic carbocycles. The Balaban J connectivity index is 3.79. The lowest BCUT2D eigenvalue weighted by molar-refractivity contribution is 0.343. The van der Waals surface area contributed by atoms with Crippen molar-refractivity contribution in [3.8, 4) is 0 Å². The summed E-state index contributed by atoms with van der Waals surface area (Å²) in [6.45, 7) is 12.2. The third-order valence-electron chi connectivity index (χ3n) is 3.02. The molecule has 2 atom stereocenters. The topological polar surface area (TPSA) is 0 Å². The maximum atomic E-state index is 3.82. The molecule has 0 saturated heterocycles. The van der Waals surface area contributed by atoms with E-state index in [2.05, 4.69) is 33.1 Å². The van der Waals surface area contributed by atoms with Crippen LogP contribution in [0.15, 0.2) is 25.3 Å². The summed E-state index contributed by atoms with van der Waals surface area (Å²) in [5.74, 6) is 1.73. The molecular weight excluding hydrogens is 180 g/mol. The Bertz CT molecular complexity index is 157. The van der Waals surface area contributed by atoms with Gasteiger partial charge in [-0.25, -0.2) is 0 Å². The van der Waals surface area contributed by atoms with Crippen molar-refractivity contribution in [1.29, 1.82) is 0 Å². The molecule has 0 aliphatic heterocycles. The van der Waals surface area contributed by atoms with E-state index in [1.807, 2.05) is 6.08 Å². The minimum absolute atomic E-state index is 0.808. The molecule has 0 heteroatoms. The summed E-state index contributed by atoms with van der Waals surface area (Å²) in [5, 5.41) is 0. The smallest absolute Gasteiger partial charge is 0.0327 e. The van der Waals surface area contributed by atoms with Crippen LogP contribution in [0.2, 0.25) is 0 Å². The van der Waals surface area contributed by atoms with Gasteiger partial charge in [-0.05, 0) is 37.5 Å². The molecular formula is C15H28. The van der Waals surface area contributed by atoms with Crippen molar-refractivity contribution in [2.45, 2.75) is 58.8 Å². The van der Waals surface area contributed by atoms with Gasteiger partial charge in [-0.2, -0.15) is 0 Å². The standard InChI is InChI=1S/C15H28/c1-5-8-9-12-15(11-7-3)13-14(4)10-6-2/h5-6,14-15H,1-2,7-13H2,3-4H3. The lowest BCUT2D eigenvalue weighted by atomic mass is 9.87. The van der Waals surface area contributed by atoms with Crippen molar-refractivity contribution in [3.63, 3.8) is 0 Å². The minimum atomic E-state index is 0.808.